The Kier molecular flexibility index (Phi) is 4.30. The fourth-order valence-electron chi connectivity index (χ4n) is 3.28. The van der Waals surface area contributed by atoms with Crippen LogP contribution in [0.3, 0.4) is 0 Å². The molecule has 0 aliphatic carbocycles. The second-order valence-electron chi connectivity index (χ2n) is 5.77. The topological polar surface area (TPSA) is 43.8 Å². The van der Waals surface area contributed by atoms with E-state index in [4.69, 9.17) is 5.11 Å². The third kappa shape index (κ3) is 2.65. The monoisotopic (exact) mass is 294 g/mol. The van der Waals surface area contributed by atoms with Gasteiger partial charge in [0.1, 0.15) is 0 Å². The second kappa shape index (κ2) is 5.52. The number of carbonyl (C=O) groups is 1. The number of hydrogen-bond donors (Lipinski definition) is 1. The average Bonchev–Trinajstić information content (AvgIpc) is 2.85. The predicted molar refractivity (Wildman–Crippen MR) is 67.4 cm³/mol. The molecule has 0 aromatic heterocycles. The molecule has 2 aliphatic rings. The van der Waals surface area contributed by atoms with E-state index < -0.39 is 24.1 Å². The van der Waals surface area contributed by atoms with Crippen LogP contribution in [0.4, 0.5) is 13.2 Å². The molecule has 0 radical (unpaired) electrons. The highest BCUT2D eigenvalue weighted by Gasteiger charge is 2.64. The molecule has 20 heavy (non-hydrogen) atoms. The molecule has 116 valence electrons. The largest absolute Gasteiger partial charge is 0.481 e. The van der Waals surface area contributed by atoms with Gasteiger partial charge in [0, 0.05) is 12.6 Å². The number of aliphatic carboxylic acids is 1. The summed E-state index contributed by atoms with van der Waals surface area (Å²) >= 11 is 0. The Morgan fingerprint density at radius 3 is 2.30 bits per heavy atom. The molecule has 4 nitrogen and oxygen atoms in total. The number of piperidine rings is 1. The van der Waals surface area contributed by atoms with Crippen LogP contribution in [0.25, 0.3) is 0 Å². The third-order valence-electron chi connectivity index (χ3n) is 4.77. The summed E-state index contributed by atoms with van der Waals surface area (Å²) in [5.41, 5.74) is -2.57. The number of hydrogen-bond acceptors (Lipinski definition) is 3. The summed E-state index contributed by atoms with van der Waals surface area (Å²) in [6, 6.07) is 0.0846. The van der Waals surface area contributed by atoms with Gasteiger partial charge in [0.2, 0.25) is 0 Å². The molecule has 2 fully saturated rings. The van der Waals surface area contributed by atoms with Crippen molar-refractivity contribution in [2.75, 3.05) is 32.7 Å². The van der Waals surface area contributed by atoms with E-state index in [0.717, 1.165) is 32.5 Å². The van der Waals surface area contributed by atoms with Crippen LogP contribution in [0.1, 0.15) is 26.2 Å². The Labute approximate surface area is 116 Å². The smallest absolute Gasteiger partial charge is 0.406 e. The Bertz CT molecular complexity index is 367. The normalized spacial score (nSPS) is 30.8. The number of carboxylic acids is 1. The molecule has 1 N–H and O–H groups in total. The molecule has 1 atom stereocenters. The number of halogens is 3. The van der Waals surface area contributed by atoms with Gasteiger partial charge in [-0.05, 0) is 45.4 Å². The van der Waals surface area contributed by atoms with E-state index in [2.05, 4.69) is 11.8 Å². The third-order valence-corrected chi connectivity index (χ3v) is 4.77. The molecule has 0 aromatic carbocycles. The summed E-state index contributed by atoms with van der Waals surface area (Å²) in [4.78, 5) is 15.1. The number of nitrogens with zero attached hydrogens (tertiary/aromatic N) is 2. The molecule has 7 heteroatoms. The van der Waals surface area contributed by atoms with Crippen LogP contribution in [0.5, 0.6) is 0 Å². The van der Waals surface area contributed by atoms with Crippen LogP contribution < -0.4 is 0 Å². The molecular formula is C13H21F3N2O2. The van der Waals surface area contributed by atoms with Crippen molar-refractivity contribution in [2.24, 2.45) is 5.41 Å². The van der Waals surface area contributed by atoms with E-state index in [1.165, 1.54) is 0 Å². The highest BCUT2D eigenvalue weighted by Crippen LogP contribution is 2.46. The van der Waals surface area contributed by atoms with Crippen molar-refractivity contribution in [3.05, 3.63) is 0 Å². The van der Waals surface area contributed by atoms with Gasteiger partial charge in [0.25, 0.3) is 0 Å². The molecule has 1 unspecified atom stereocenters. The van der Waals surface area contributed by atoms with Crippen LogP contribution in [-0.2, 0) is 4.79 Å². The molecule has 0 bridgehead atoms. The van der Waals surface area contributed by atoms with Crippen molar-refractivity contribution in [1.82, 2.24) is 9.80 Å². The molecular weight excluding hydrogens is 273 g/mol. The molecule has 2 aliphatic heterocycles. The number of carboxylic acid groups (broad SMARTS) is 1. The first-order valence-corrected chi connectivity index (χ1v) is 7.06. The molecule has 2 heterocycles. The fourth-order valence-corrected chi connectivity index (χ4v) is 3.28. The zero-order chi connectivity index (χ0) is 15.0. The van der Waals surface area contributed by atoms with Gasteiger partial charge in [-0.1, -0.05) is 6.92 Å². The Hall–Kier alpha value is -0.820. The maximum Gasteiger partial charge on any atom is 0.406 e. The second-order valence-corrected chi connectivity index (χ2v) is 5.77. The molecule has 0 saturated carbocycles. The quantitative estimate of drug-likeness (QED) is 0.862. The zero-order valence-corrected chi connectivity index (χ0v) is 11.6. The van der Waals surface area contributed by atoms with E-state index in [0.29, 0.717) is 0 Å². The number of rotatable bonds is 3. The molecule has 2 saturated heterocycles. The van der Waals surface area contributed by atoms with Crippen LogP contribution >= 0.6 is 0 Å². The van der Waals surface area contributed by atoms with Gasteiger partial charge in [-0.3, -0.25) is 9.69 Å². The van der Waals surface area contributed by atoms with Gasteiger partial charge in [0.15, 0.2) is 5.41 Å². The standard InChI is InChI=1S/C13H21F3N2O2/c1-2-17-6-3-10(4-7-17)18-8-5-12(9-18,11(19)20)13(14,15)16/h10H,2-9H2,1H3,(H,19,20). The first-order valence-electron chi connectivity index (χ1n) is 7.06. The summed E-state index contributed by atoms with van der Waals surface area (Å²) in [7, 11) is 0. The maximum atomic E-state index is 13.1. The zero-order valence-electron chi connectivity index (χ0n) is 11.6. The highest BCUT2D eigenvalue weighted by molar-refractivity contribution is 5.76. The van der Waals surface area contributed by atoms with Crippen LogP contribution in [0.15, 0.2) is 0 Å². The lowest BCUT2D eigenvalue weighted by Gasteiger charge is -2.37. The van der Waals surface area contributed by atoms with E-state index in [1.807, 2.05) is 0 Å². The van der Waals surface area contributed by atoms with Crippen molar-refractivity contribution < 1.29 is 23.1 Å². The lowest BCUT2D eigenvalue weighted by atomic mass is 9.86. The number of likely N-dealkylation sites (tertiary alicyclic amines) is 2. The molecule has 2 rings (SSSR count). The van der Waals surface area contributed by atoms with Crippen LogP contribution in [-0.4, -0.2) is 65.8 Å². The van der Waals surface area contributed by atoms with Crippen molar-refractivity contribution in [3.63, 3.8) is 0 Å². The van der Waals surface area contributed by atoms with Gasteiger partial charge in [-0.15, -0.1) is 0 Å². The van der Waals surface area contributed by atoms with Gasteiger partial charge < -0.3 is 10.0 Å². The minimum absolute atomic E-state index is 0.0846. The molecule has 0 aromatic rings. The molecule has 0 spiro atoms. The van der Waals surface area contributed by atoms with E-state index >= 15 is 0 Å². The van der Waals surface area contributed by atoms with Gasteiger partial charge in [0.05, 0.1) is 0 Å². The van der Waals surface area contributed by atoms with Gasteiger partial charge in [-0.25, -0.2) is 0 Å². The van der Waals surface area contributed by atoms with Crippen molar-refractivity contribution in [1.29, 1.82) is 0 Å². The lowest BCUT2D eigenvalue weighted by molar-refractivity contribution is -0.228. The van der Waals surface area contributed by atoms with E-state index in [1.54, 1.807) is 4.90 Å². The van der Waals surface area contributed by atoms with Crippen molar-refractivity contribution >= 4 is 5.97 Å². The lowest BCUT2D eigenvalue weighted by Crippen LogP contribution is -2.50. The maximum absolute atomic E-state index is 13.1. The minimum atomic E-state index is -4.68. The van der Waals surface area contributed by atoms with Crippen molar-refractivity contribution in [3.8, 4) is 0 Å². The van der Waals surface area contributed by atoms with E-state index in [-0.39, 0.29) is 19.0 Å². The predicted octanol–water partition coefficient (Wildman–Crippen LogP) is 1.81. The van der Waals surface area contributed by atoms with Crippen molar-refractivity contribution in [2.45, 2.75) is 38.4 Å². The highest BCUT2D eigenvalue weighted by atomic mass is 19.4. The molecule has 0 amide bonds. The van der Waals surface area contributed by atoms with E-state index in [9.17, 15) is 18.0 Å². The summed E-state index contributed by atoms with van der Waals surface area (Å²) in [5.74, 6) is -1.74. The van der Waals surface area contributed by atoms with Crippen LogP contribution in [0, 0.1) is 5.41 Å². The Balaban J connectivity index is 2.03. The summed E-state index contributed by atoms with van der Waals surface area (Å²) in [6.45, 7) is 4.60. The average molecular weight is 294 g/mol. The fraction of sp³-hybridized carbons (Fsp3) is 0.923. The first kappa shape index (κ1) is 15.6. The van der Waals surface area contributed by atoms with Crippen LogP contribution in [0.2, 0.25) is 0 Å². The summed E-state index contributed by atoms with van der Waals surface area (Å²) in [5, 5.41) is 9.04. The summed E-state index contributed by atoms with van der Waals surface area (Å²) in [6.07, 6.45) is -3.37. The Morgan fingerprint density at radius 2 is 1.90 bits per heavy atom. The summed E-state index contributed by atoms with van der Waals surface area (Å²) < 4.78 is 39.3. The minimum Gasteiger partial charge on any atom is -0.481 e. The van der Waals surface area contributed by atoms with Gasteiger partial charge >= 0.3 is 12.1 Å². The number of alkyl halides is 3. The first-order chi connectivity index (χ1) is 9.30. The SMILES string of the molecule is CCN1CCC(N2CCC(C(=O)O)(C(F)(F)F)C2)CC1. The Morgan fingerprint density at radius 1 is 1.30 bits per heavy atom. The van der Waals surface area contributed by atoms with Gasteiger partial charge in [-0.2, -0.15) is 13.2 Å².